The number of methoxy groups -OCH3 is 2. The summed E-state index contributed by atoms with van der Waals surface area (Å²) in [5, 5.41) is 3.15. The Balaban J connectivity index is 2.35. The molecule has 5 heteroatoms. The molecule has 0 aliphatic heterocycles. The minimum atomic E-state index is -0.409. The lowest BCUT2D eigenvalue weighted by Gasteiger charge is -2.13. The van der Waals surface area contributed by atoms with Gasteiger partial charge in [-0.3, -0.25) is 0 Å². The van der Waals surface area contributed by atoms with Crippen LogP contribution in [0.15, 0.2) is 42.5 Å². The van der Waals surface area contributed by atoms with Crippen molar-refractivity contribution >= 4 is 23.0 Å². The Morgan fingerprint density at radius 3 is 2.55 bits per heavy atom. The number of carbonyl (C=O) groups excluding carboxylic acids is 1. The third-order valence-corrected chi connectivity index (χ3v) is 2.85. The van der Waals surface area contributed by atoms with E-state index in [-0.39, 0.29) is 0 Å². The number of rotatable bonds is 4. The Bertz CT molecular complexity index is 626. The fourth-order valence-electron chi connectivity index (χ4n) is 1.80. The number of nitrogens with one attached hydrogen (secondary N) is 1. The van der Waals surface area contributed by atoms with Gasteiger partial charge in [-0.2, -0.15) is 0 Å². The van der Waals surface area contributed by atoms with Gasteiger partial charge in [0, 0.05) is 0 Å². The van der Waals surface area contributed by atoms with Crippen molar-refractivity contribution in [2.45, 2.75) is 0 Å². The summed E-state index contributed by atoms with van der Waals surface area (Å²) in [6, 6.07) is 12.4. The molecule has 0 aliphatic carbocycles. The topological polar surface area (TPSA) is 73.6 Å². The van der Waals surface area contributed by atoms with E-state index in [1.165, 1.54) is 7.11 Å². The number of hydrogen-bond donors (Lipinski definition) is 2. The second-order valence-corrected chi connectivity index (χ2v) is 4.12. The lowest BCUT2D eigenvalue weighted by atomic mass is 10.1. The third kappa shape index (κ3) is 2.83. The van der Waals surface area contributed by atoms with Gasteiger partial charge in [0.2, 0.25) is 0 Å². The molecule has 0 atom stereocenters. The van der Waals surface area contributed by atoms with Crippen LogP contribution in [0.3, 0.4) is 0 Å². The fraction of sp³-hybridized carbons (Fsp3) is 0.133. The first-order chi connectivity index (χ1) is 9.65. The van der Waals surface area contributed by atoms with Crippen LogP contribution >= 0.6 is 0 Å². The Hall–Kier alpha value is -2.69. The SMILES string of the molecule is COC(=O)c1ccc(N)c(Nc2ccccc2OC)c1. The summed E-state index contributed by atoms with van der Waals surface area (Å²) >= 11 is 0. The number of para-hydroxylation sites is 2. The molecule has 3 N–H and O–H groups in total. The molecule has 0 heterocycles. The van der Waals surface area contributed by atoms with Crippen LogP contribution in [-0.4, -0.2) is 20.2 Å². The van der Waals surface area contributed by atoms with Gasteiger partial charge >= 0.3 is 5.97 Å². The van der Waals surface area contributed by atoms with Crippen molar-refractivity contribution in [3.05, 3.63) is 48.0 Å². The van der Waals surface area contributed by atoms with E-state index in [0.29, 0.717) is 22.7 Å². The minimum Gasteiger partial charge on any atom is -0.495 e. The van der Waals surface area contributed by atoms with Gasteiger partial charge < -0.3 is 20.5 Å². The molecule has 2 aromatic rings. The normalized spacial score (nSPS) is 9.90. The fourth-order valence-corrected chi connectivity index (χ4v) is 1.80. The van der Waals surface area contributed by atoms with E-state index in [2.05, 4.69) is 5.32 Å². The smallest absolute Gasteiger partial charge is 0.337 e. The van der Waals surface area contributed by atoms with Crippen molar-refractivity contribution in [2.75, 3.05) is 25.3 Å². The lowest BCUT2D eigenvalue weighted by Crippen LogP contribution is -2.04. The number of anilines is 3. The monoisotopic (exact) mass is 272 g/mol. The maximum absolute atomic E-state index is 11.5. The van der Waals surface area contributed by atoms with Gasteiger partial charge in [0.05, 0.1) is 36.8 Å². The molecular formula is C15H16N2O3. The molecule has 0 saturated heterocycles. The third-order valence-electron chi connectivity index (χ3n) is 2.85. The van der Waals surface area contributed by atoms with Gasteiger partial charge in [-0.05, 0) is 30.3 Å². The van der Waals surface area contributed by atoms with Crippen LogP contribution in [0, 0.1) is 0 Å². The molecule has 2 aromatic carbocycles. The van der Waals surface area contributed by atoms with E-state index in [1.54, 1.807) is 25.3 Å². The zero-order chi connectivity index (χ0) is 14.5. The van der Waals surface area contributed by atoms with Crippen LogP contribution in [0.25, 0.3) is 0 Å². The molecule has 0 saturated carbocycles. The van der Waals surface area contributed by atoms with Crippen molar-refractivity contribution in [1.82, 2.24) is 0 Å². The van der Waals surface area contributed by atoms with Gasteiger partial charge in [0.1, 0.15) is 5.75 Å². The second-order valence-electron chi connectivity index (χ2n) is 4.12. The van der Waals surface area contributed by atoms with Crippen LogP contribution in [0.5, 0.6) is 5.75 Å². The van der Waals surface area contributed by atoms with Gasteiger partial charge in [0.15, 0.2) is 0 Å². The predicted octanol–water partition coefficient (Wildman–Crippen LogP) is 2.81. The van der Waals surface area contributed by atoms with Crippen molar-refractivity contribution in [1.29, 1.82) is 0 Å². The first kappa shape index (κ1) is 13.7. The molecule has 0 fully saturated rings. The van der Waals surface area contributed by atoms with E-state index >= 15 is 0 Å². The molecule has 5 nitrogen and oxygen atoms in total. The van der Waals surface area contributed by atoms with Crippen molar-refractivity contribution in [3.63, 3.8) is 0 Å². The van der Waals surface area contributed by atoms with E-state index < -0.39 is 5.97 Å². The summed E-state index contributed by atoms with van der Waals surface area (Å²) in [7, 11) is 2.93. The minimum absolute atomic E-state index is 0.409. The molecule has 0 radical (unpaired) electrons. The average molecular weight is 272 g/mol. The molecule has 2 rings (SSSR count). The van der Waals surface area contributed by atoms with Crippen molar-refractivity contribution < 1.29 is 14.3 Å². The molecule has 0 amide bonds. The Labute approximate surface area is 117 Å². The number of ether oxygens (including phenoxy) is 2. The van der Waals surface area contributed by atoms with Gasteiger partial charge in [-0.1, -0.05) is 12.1 Å². The highest BCUT2D eigenvalue weighted by atomic mass is 16.5. The zero-order valence-electron chi connectivity index (χ0n) is 11.3. The standard InChI is InChI=1S/C15H16N2O3/c1-19-14-6-4-3-5-12(14)17-13-9-10(15(18)20-2)7-8-11(13)16/h3-9,17H,16H2,1-2H3. The van der Waals surface area contributed by atoms with Crippen LogP contribution < -0.4 is 15.8 Å². The highest BCUT2D eigenvalue weighted by molar-refractivity contribution is 5.92. The Morgan fingerprint density at radius 1 is 1.10 bits per heavy atom. The van der Waals surface area contributed by atoms with E-state index in [9.17, 15) is 4.79 Å². The molecule has 0 spiro atoms. The molecule has 104 valence electrons. The van der Waals surface area contributed by atoms with Crippen LogP contribution in [0.1, 0.15) is 10.4 Å². The van der Waals surface area contributed by atoms with Gasteiger partial charge in [-0.15, -0.1) is 0 Å². The van der Waals surface area contributed by atoms with Crippen LogP contribution in [-0.2, 0) is 4.74 Å². The second kappa shape index (κ2) is 5.97. The molecule has 0 aliphatic rings. The first-order valence-corrected chi connectivity index (χ1v) is 6.03. The van der Waals surface area contributed by atoms with Gasteiger partial charge in [0.25, 0.3) is 0 Å². The van der Waals surface area contributed by atoms with E-state index in [0.717, 1.165) is 5.69 Å². The quantitative estimate of drug-likeness (QED) is 0.661. The van der Waals surface area contributed by atoms with Crippen molar-refractivity contribution in [3.8, 4) is 5.75 Å². The number of hydrogen-bond acceptors (Lipinski definition) is 5. The average Bonchev–Trinajstić information content (AvgIpc) is 2.49. The number of esters is 1. The summed E-state index contributed by atoms with van der Waals surface area (Å²) in [5.41, 5.74) is 8.27. The molecule has 0 unspecified atom stereocenters. The molecular weight excluding hydrogens is 256 g/mol. The number of nitrogens with two attached hydrogens (primary N) is 1. The van der Waals surface area contributed by atoms with Gasteiger partial charge in [-0.25, -0.2) is 4.79 Å². The number of carbonyl (C=O) groups is 1. The molecule has 0 aromatic heterocycles. The number of nitrogen functional groups attached to an aromatic ring is 1. The Kier molecular flexibility index (Phi) is 4.10. The molecule has 20 heavy (non-hydrogen) atoms. The summed E-state index contributed by atoms with van der Waals surface area (Å²) in [5.74, 6) is 0.281. The Morgan fingerprint density at radius 2 is 1.85 bits per heavy atom. The summed E-state index contributed by atoms with van der Waals surface area (Å²) in [6.07, 6.45) is 0. The summed E-state index contributed by atoms with van der Waals surface area (Å²) < 4.78 is 9.96. The summed E-state index contributed by atoms with van der Waals surface area (Å²) in [4.78, 5) is 11.5. The number of benzene rings is 2. The maximum atomic E-state index is 11.5. The highest BCUT2D eigenvalue weighted by Gasteiger charge is 2.10. The summed E-state index contributed by atoms with van der Waals surface area (Å²) in [6.45, 7) is 0. The van der Waals surface area contributed by atoms with E-state index in [1.807, 2.05) is 24.3 Å². The van der Waals surface area contributed by atoms with E-state index in [4.69, 9.17) is 15.2 Å². The largest absolute Gasteiger partial charge is 0.495 e. The maximum Gasteiger partial charge on any atom is 0.337 e. The lowest BCUT2D eigenvalue weighted by molar-refractivity contribution is 0.0601. The van der Waals surface area contributed by atoms with Crippen molar-refractivity contribution in [2.24, 2.45) is 0 Å². The molecule has 0 bridgehead atoms. The zero-order valence-corrected chi connectivity index (χ0v) is 11.3. The first-order valence-electron chi connectivity index (χ1n) is 6.03. The highest BCUT2D eigenvalue weighted by Crippen LogP contribution is 2.30. The van der Waals surface area contributed by atoms with Crippen LogP contribution in [0.4, 0.5) is 17.1 Å². The van der Waals surface area contributed by atoms with Crippen LogP contribution in [0.2, 0.25) is 0 Å². The predicted molar refractivity (Wildman–Crippen MR) is 78.5 cm³/mol.